The first-order valence-corrected chi connectivity index (χ1v) is 7.32. The SMILES string of the molecule is Cc1nsc(N(C)C(=O)c2c(F)cccc2Br)c1C(=O)O. The molecule has 21 heavy (non-hydrogen) atoms. The van der Waals surface area contributed by atoms with Crippen LogP contribution in [0, 0.1) is 12.7 Å². The molecule has 0 atom stereocenters. The molecule has 1 N–H and O–H groups in total. The van der Waals surface area contributed by atoms with Gasteiger partial charge in [-0.05, 0) is 46.5 Å². The molecular formula is C13H10BrFN2O3S. The average Bonchev–Trinajstić information content (AvgIpc) is 2.79. The predicted molar refractivity (Wildman–Crippen MR) is 80.6 cm³/mol. The third kappa shape index (κ3) is 2.81. The minimum absolute atomic E-state index is 0.0525. The van der Waals surface area contributed by atoms with Gasteiger partial charge in [-0.2, -0.15) is 4.37 Å². The van der Waals surface area contributed by atoms with Crippen LogP contribution in [0.4, 0.5) is 9.39 Å². The Morgan fingerprint density at radius 2 is 2.05 bits per heavy atom. The van der Waals surface area contributed by atoms with Gasteiger partial charge in [0.1, 0.15) is 16.4 Å². The molecule has 2 rings (SSSR count). The summed E-state index contributed by atoms with van der Waals surface area (Å²) < 4.78 is 18.1. The number of rotatable bonds is 3. The first kappa shape index (κ1) is 15.6. The lowest BCUT2D eigenvalue weighted by molar-refractivity contribution is 0.0697. The van der Waals surface area contributed by atoms with Crippen molar-refractivity contribution in [3.63, 3.8) is 0 Å². The van der Waals surface area contributed by atoms with E-state index < -0.39 is 17.7 Å². The van der Waals surface area contributed by atoms with Crippen LogP contribution in [0.3, 0.4) is 0 Å². The smallest absolute Gasteiger partial charge is 0.340 e. The van der Waals surface area contributed by atoms with Crippen LogP contribution in [-0.4, -0.2) is 28.4 Å². The van der Waals surface area contributed by atoms with Crippen molar-refractivity contribution in [2.24, 2.45) is 0 Å². The molecule has 1 aromatic heterocycles. The van der Waals surface area contributed by atoms with Crippen LogP contribution in [0.15, 0.2) is 22.7 Å². The van der Waals surface area contributed by atoms with Crippen molar-refractivity contribution in [2.75, 3.05) is 11.9 Å². The summed E-state index contributed by atoms with van der Waals surface area (Å²) in [6.45, 7) is 1.54. The number of aryl methyl sites for hydroxylation is 1. The summed E-state index contributed by atoms with van der Waals surface area (Å²) >= 11 is 4.01. The number of carboxylic acids is 1. The lowest BCUT2D eigenvalue weighted by atomic mass is 10.1. The van der Waals surface area contributed by atoms with E-state index in [0.29, 0.717) is 10.2 Å². The van der Waals surface area contributed by atoms with Crippen molar-refractivity contribution in [3.05, 3.63) is 45.3 Å². The number of nitrogens with zero attached hydrogens (tertiary/aromatic N) is 2. The van der Waals surface area contributed by atoms with Crippen LogP contribution in [0.25, 0.3) is 0 Å². The van der Waals surface area contributed by atoms with E-state index in [1.807, 2.05) is 0 Å². The molecule has 0 aliphatic carbocycles. The largest absolute Gasteiger partial charge is 0.478 e. The molecule has 0 saturated heterocycles. The van der Waals surface area contributed by atoms with E-state index in [1.54, 1.807) is 13.0 Å². The zero-order valence-corrected chi connectivity index (χ0v) is 13.5. The van der Waals surface area contributed by atoms with E-state index in [-0.39, 0.29) is 16.1 Å². The molecule has 0 aliphatic heterocycles. The van der Waals surface area contributed by atoms with Crippen molar-refractivity contribution < 1.29 is 19.1 Å². The Balaban J connectivity index is 2.48. The molecule has 0 aliphatic rings. The summed E-state index contributed by atoms with van der Waals surface area (Å²) in [7, 11) is 1.39. The number of amides is 1. The van der Waals surface area contributed by atoms with Crippen LogP contribution in [-0.2, 0) is 0 Å². The number of hydrogen-bond acceptors (Lipinski definition) is 4. The van der Waals surface area contributed by atoms with Gasteiger partial charge in [-0.3, -0.25) is 4.79 Å². The van der Waals surface area contributed by atoms with E-state index in [0.717, 1.165) is 16.4 Å². The van der Waals surface area contributed by atoms with E-state index in [1.165, 1.54) is 19.2 Å². The fourth-order valence-corrected chi connectivity index (χ4v) is 3.15. The Hall–Kier alpha value is -1.80. The van der Waals surface area contributed by atoms with Crippen molar-refractivity contribution in [3.8, 4) is 0 Å². The molecule has 0 unspecified atom stereocenters. The molecule has 0 spiro atoms. The lowest BCUT2D eigenvalue weighted by Crippen LogP contribution is -2.28. The molecular weight excluding hydrogens is 363 g/mol. The first-order valence-electron chi connectivity index (χ1n) is 5.76. The Morgan fingerprint density at radius 1 is 1.38 bits per heavy atom. The molecule has 110 valence electrons. The van der Waals surface area contributed by atoms with Crippen molar-refractivity contribution in [1.29, 1.82) is 0 Å². The summed E-state index contributed by atoms with van der Waals surface area (Å²) in [5.41, 5.74) is 0.112. The summed E-state index contributed by atoms with van der Waals surface area (Å²) in [4.78, 5) is 24.8. The highest BCUT2D eigenvalue weighted by Crippen LogP contribution is 2.30. The summed E-state index contributed by atoms with van der Waals surface area (Å²) in [6.07, 6.45) is 0. The molecule has 8 heteroatoms. The average molecular weight is 373 g/mol. The van der Waals surface area contributed by atoms with Gasteiger partial charge in [-0.1, -0.05) is 6.07 Å². The molecule has 0 bridgehead atoms. The first-order chi connectivity index (χ1) is 9.84. The fourth-order valence-electron chi connectivity index (χ4n) is 1.79. The maximum absolute atomic E-state index is 13.8. The van der Waals surface area contributed by atoms with Gasteiger partial charge in [-0.25, -0.2) is 9.18 Å². The molecule has 2 aromatic rings. The normalized spacial score (nSPS) is 10.5. The number of aromatic carboxylic acids is 1. The van der Waals surface area contributed by atoms with Gasteiger partial charge in [0.25, 0.3) is 5.91 Å². The van der Waals surface area contributed by atoms with Gasteiger partial charge in [0.15, 0.2) is 0 Å². The standard InChI is InChI=1S/C13H10BrFN2O3S/c1-6-9(13(19)20)12(21-16-6)17(2)11(18)10-7(14)4-3-5-8(10)15/h3-5H,1-2H3,(H,19,20). The second-order valence-corrected chi connectivity index (χ2v) is 5.82. The van der Waals surface area contributed by atoms with Gasteiger partial charge < -0.3 is 10.0 Å². The molecule has 1 amide bonds. The topological polar surface area (TPSA) is 70.5 Å². The number of aromatic nitrogens is 1. The van der Waals surface area contributed by atoms with Gasteiger partial charge in [-0.15, -0.1) is 0 Å². The van der Waals surface area contributed by atoms with Crippen LogP contribution < -0.4 is 4.90 Å². The van der Waals surface area contributed by atoms with Crippen LogP contribution in [0.5, 0.6) is 0 Å². The quantitative estimate of drug-likeness (QED) is 0.896. The van der Waals surface area contributed by atoms with Crippen LogP contribution in [0.2, 0.25) is 0 Å². The Kier molecular flexibility index (Phi) is 4.38. The highest BCUT2D eigenvalue weighted by Gasteiger charge is 2.27. The van der Waals surface area contributed by atoms with Gasteiger partial charge in [0.05, 0.1) is 11.3 Å². The van der Waals surface area contributed by atoms with Gasteiger partial charge in [0, 0.05) is 11.5 Å². The molecule has 0 fully saturated rings. The van der Waals surface area contributed by atoms with Crippen molar-refractivity contribution >= 4 is 44.3 Å². The Morgan fingerprint density at radius 3 is 2.62 bits per heavy atom. The number of benzene rings is 1. The molecule has 0 radical (unpaired) electrons. The van der Waals surface area contributed by atoms with Crippen molar-refractivity contribution in [1.82, 2.24) is 4.37 Å². The number of hydrogen-bond donors (Lipinski definition) is 1. The highest BCUT2D eigenvalue weighted by atomic mass is 79.9. The Labute approximate surface area is 132 Å². The zero-order chi connectivity index (χ0) is 15.7. The molecule has 1 aromatic carbocycles. The fraction of sp³-hybridized carbons (Fsp3) is 0.154. The number of carbonyl (C=O) groups is 2. The zero-order valence-electron chi connectivity index (χ0n) is 11.1. The molecule has 5 nitrogen and oxygen atoms in total. The van der Waals surface area contributed by atoms with Crippen LogP contribution >= 0.6 is 27.5 Å². The minimum Gasteiger partial charge on any atom is -0.478 e. The maximum atomic E-state index is 13.8. The van der Waals surface area contributed by atoms with E-state index in [4.69, 9.17) is 0 Å². The van der Waals surface area contributed by atoms with Gasteiger partial charge >= 0.3 is 5.97 Å². The number of carboxylic acid groups (broad SMARTS) is 1. The van der Waals surface area contributed by atoms with E-state index in [2.05, 4.69) is 20.3 Å². The monoisotopic (exact) mass is 372 g/mol. The molecule has 0 saturated carbocycles. The predicted octanol–water partition coefficient (Wildman–Crippen LogP) is 3.33. The van der Waals surface area contributed by atoms with Crippen molar-refractivity contribution in [2.45, 2.75) is 6.92 Å². The minimum atomic E-state index is -1.18. The third-order valence-electron chi connectivity index (χ3n) is 2.84. The Bertz CT molecular complexity index is 712. The summed E-state index contributed by atoms with van der Waals surface area (Å²) in [6, 6.07) is 4.18. The van der Waals surface area contributed by atoms with E-state index in [9.17, 15) is 19.1 Å². The number of anilines is 1. The lowest BCUT2D eigenvalue weighted by Gasteiger charge is -2.17. The van der Waals surface area contributed by atoms with Gasteiger partial charge in [0.2, 0.25) is 0 Å². The second kappa shape index (κ2) is 5.90. The van der Waals surface area contributed by atoms with E-state index >= 15 is 0 Å². The number of carbonyl (C=O) groups excluding carboxylic acids is 1. The maximum Gasteiger partial charge on any atom is 0.340 e. The summed E-state index contributed by atoms with van der Waals surface area (Å²) in [5, 5.41) is 9.36. The third-order valence-corrected chi connectivity index (χ3v) is 4.52. The highest BCUT2D eigenvalue weighted by molar-refractivity contribution is 9.10. The summed E-state index contributed by atoms with van der Waals surface area (Å²) in [5.74, 6) is -2.51. The second-order valence-electron chi connectivity index (χ2n) is 4.21. The number of halogens is 2. The van der Waals surface area contributed by atoms with Crippen LogP contribution in [0.1, 0.15) is 26.4 Å². The molecule has 1 heterocycles.